The van der Waals surface area contributed by atoms with Crippen molar-refractivity contribution in [1.82, 2.24) is 0 Å². The predicted molar refractivity (Wildman–Crippen MR) is 280 cm³/mol. The minimum absolute atomic E-state index is 0.159. The van der Waals surface area contributed by atoms with E-state index in [0.717, 1.165) is 64.2 Å². The van der Waals surface area contributed by atoms with Gasteiger partial charge in [0, 0.05) is 12.8 Å². The molecule has 2 aliphatic heterocycles. The second kappa shape index (κ2) is 44.1. The highest BCUT2D eigenvalue weighted by Gasteiger charge is 2.47. The fourth-order valence-corrected chi connectivity index (χ4v) is 9.19. The van der Waals surface area contributed by atoms with Crippen LogP contribution in [0.4, 0.5) is 0 Å². The first-order chi connectivity index (χ1) is 35.0. The van der Waals surface area contributed by atoms with E-state index in [9.17, 15) is 45.3 Å². The molecule has 0 saturated carbocycles. The van der Waals surface area contributed by atoms with Crippen molar-refractivity contribution >= 4 is 11.9 Å². The third kappa shape index (κ3) is 31.1. The predicted octanol–water partition coefficient (Wildman–Crippen LogP) is 9.50. The monoisotopic (exact) mass is 1030 g/mol. The van der Waals surface area contributed by atoms with Gasteiger partial charge in [-0.2, -0.15) is 0 Å². The Balaban J connectivity index is 1.76. The highest BCUT2D eigenvalue weighted by Crippen LogP contribution is 2.27. The van der Waals surface area contributed by atoms with Gasteiger partial charge in [-0.15, -0.1) is 0 Å². The zero-order chi connectivity index (χ0) is 52.4. The molecular weight excluding hydrogens is 925 g/mol. The van der Waals surface area contributed by atoms with Crippen LogP contribution in [0.2, 0.25) is 0 Å². The van der Waals surface area contributed by atoms with Gasteiger partial charge in [0.1, 0.15) is 55.4 Å². The van der Waals surface area contributed by atoms with Crippen molar-refractivity contribution in [3.8, 4) is 0 Å². The number of rotatable bonds is 46. The summed E-state index contributed by atoms with van der Waals surface area (Å²) in [6.45, 7) is 2.61. The van der Waals surface area contributed by atoms with Gasteiger partial charge in [0.2, 0.25) is 0 Å². The maximum absolute atomic E-state index is 13.1. The molecule has 0 spiro atoms. The van der Waals surface area contributed by atoms with Gasteiger partial charge in [0.05, 0.1) is 19.8 Å². The average molecular weight is 1030 g/mol. The molecule has 0 radical (unpaired) electrons. The average Bonchev–Trinajstić information content (AvgIpc) is 3.37. The third-order valence-corrected chi connectivity index (χ3v) is 13.9. The van der Waals surface area contributed by atoms with Gasteiger partial charge in [-0.1, -0.05) is 199 Å². The number of aliphatic hydroxyl groups excluding tert-OH is 7. The number of allylic oxidation sites excluding steroid dienone is 4. The van der Waals surface area contributed by atoms with Crippen LogP contribution >= 0.6 is 0 Å². The molecule has 422 valence electrons. The molecule has 72 heavy (non-hydrogen) atoms. The summed E-state index contributed by atoms with van der Waals surface area (Å²) in [4.78, 5) is 25.9. The number of carbonyl (C=O) groups is 2. The van der Waals surface area contributed by atoms with Crippen molar-refractivity contribution < 1.29 is 73.8 Å². The Morgan fingerprint density at radius 1 is 0.444 bits per heavy atom. The standard InChI is InChI=1S/C57H104O15/c1-3-5-7-9-11-13-15-17-19-21-23-25-27-29-31-33-35-37-39-48(59)67-42-45(70-49(60)40-38-36-34-32-30-28-26-24-22-20-18-16-14-12-10-8-6-4-2)43-68-56-55(66)53(64)51(62)47(72-56)44-69-57-54(65)52(63)50(61)46(41-58)71-57/h14,16,20,22,45-47,50-58,61-66H,3-13,15,17-19,21,23-44H2,1-2H3/b16-14-,22-20-. The van der Waals surface area contributed by atoms with Crippen LogP contribution in [0.15, 0.2) is 24.3 Å². The minimum Gasteiger partial charge on any atom is -0.462 e. The molecule has 7 N–H and O–H groups in total. The molecule has 0 aromatic rings. The molecule has 2 rings (SSSR count). The lowest BCUT2D eigenvalue weighted by Crippen LogP contribution is -2.61. The number of carbonyl (C=O) groups excluding carboxylic acids is 2. The quantitative estimate of drug-likeness (QED) is 0.0171. The number of hydrogen-bond donors (Lipinski definition) is 7. The molecular formula is C57H104O15. The lowest BCUT2D eigenvalue weighted by molar-refractivity contribution is -0.332. The highest BCUT2D eigenvalue weighted by atomic mass is 16.7. The smallest absolute Gasteiger partial charge is 0.306 e. The van der Waals surface area contributed by atoms with Crippen LogP contribution in [0.25, 0.3) is 0 Å². The lowest BCUT2D eigenvalue weighted by Gasteiger charge is -2.42. The van der Waals surface area contributed by atoms with E-state index in [1.54, 1.807) is 0 Å². The van der Waals surface area contributed by atoms with Gasteiger partial charge >= 0.3 is 11.9 Å². The normalized spacial score (nSPS) is 25.1. The summed E-state index contributed by atoms with van der Waals surface area (Å²) in [7, 11) is 0. The molecule has 2 saturated heterocycles. The second-order valence-corrected chi connectivity index (χ2v) is 20.5. The molecule has 0 aromatic carbocycles. The van der Waals surface area contributed by atoms with Gasteiger partial charge in [-0.05, 0) is 44.9 Å². The first kappa shape index (κ1) is 66.1. The number of ether oxygens (including phenoxy) is 6. The number of aliphatic hydroxyl groups is 7. The molecule has 11 unspecified atom stereocenters. The summed E-state index contributed by atoms with van der Waals surface area (Å²) < 4.78 is 33.7. The van der Waals surface area contributed by atoms with Crippen molar-refractivity contribution in [2.75, 3.05) is 26.4 Å². The largest absolute Gasteiger partial charge is 0.462 e. The van der Waals surface area contributed by atoms with Crippen molar-refractivity contribution in [1.29, 1.82) is 0 Å². The fraction of sp³-hybridized carbons (Fsp3) is 0.895. The molecule has 2 fully saturated rings. The Morgan fingerprint density at radius 3 is 1.31 bits per heavy atom. The number of esters is 2. The van der Waals surface area contributed by atoms with E-state index in [1.165, 1.54) is 128 Å². The van der Waals surface area contributed by atoms with Crippen molar-refractivity contribution in [2.24, 2.45) is 0 Å². The van der Waals surface area contributed by atoms with E-state index in [-0.39, 0.29) is 26.1 Å². The summed E-state index contributed by atoms with van der Waals surface area (Å²) in [5.74, 6) is -0.922. The van der Waals surface area contributed by atoms with Crippen LogP contribution in [0.3, 0.4) is 0 Å². The maximum atomic E-state index is 13.1. The first-order valence-corrected chi connectivity index (χ1v) is 28.9. The summed E-state index contributed by atoms with van der Waals surface area (Å²) in [6, 6.07) is 0. The van der Waals surface area contributed by atoms with E-state index < -0.39 is 92.7 Å². The van der Waals surface area contributed by atoms with Crippen LogP contribution < -0.4 is 0 Å². The van der Waals surface area contributed by atoms with E-state index in [1.807, 2.05) is 0 Å². The van der Waals surface area contributed by atoms with Crippen molar-refractivity contribution in [3.05, 3.63) is 24.3 Å². The van der Waals surface area contributed by atoms with Crippen LogP contribution in [0.1, 0.15) is 232 Å². The lowest BCUT2D eigenvalue weighted by atomic mass is 9.98. The molecule has 0 aliphatic carbocycles. The summed E-state index contributed by atoms with van der Waals surface area (Å²) in [5.41, 5.74) is 0. The Kier molecular flexibility index (Phi) is 40.5. The van der Waals surface area contributed by atoms with Gasteiger partial charge in [-0.3, -0.25) is 9.59 Å². The van der Waals surface area contributed by atoms with Gasteiger partial charge in [0.25, 0.3) is 0 Å². The highest BCUT2D eigenvalue weighted by molar-refractivity contribution is 5.70. The Bertz CT molecular complexity index is 1350. The zero-order valence-electron chi connectivity index (χ0n) is 44.9. The van der Waals surface area contributed by atoms with Crippen LogP contribution in [0, 0.1) is 0 Å². The summed E-state index contributed by atoms with van der Waals surface area (Å²) in [6.07, 6.45) is 30.5. The summed E-state index contributed by atoms with van der Waals surface area (Å²) in [5, 5.41) is 72.3. The zero-order valence-corrected chi connectivity index (χ0v) is 44.9. The molecule has 0 amide bonds. The summed E-state index contributed by atoms with van der Waals surface area (Å²) >= 11 is 0. The van der Waals surface area contributed by atoms with Crippen LogP contribution in [-0.4, -0.2) is 142 Å². The van der Waals surface area contributed by atoms with Gasteiger partial charge < -0.3 is 64.2 Å². The number of unbranched alkanes of at least 4 members (excludes halogenated alkanes) is 28. The Labute approximate surface area is 434 Å². The Morgan fingerprint density at radius 2 is 0.833 bits per heavy atom. The molecule has 2 aliphatic rings. The molecule has 2 heterocycles. The van der Waals surface area contributed by atoms with Crippen LogP contribution in [-0.2, 0) is 38.0 Å². The van der Waals surface area contributed by atoms with E-state index >= 15 is 0 Å². The van der Waals surface area contributed by atoms with E-state index in [0.29, 0.717) is 12.8 Å². The number of hydrogen-bond acceptors (Lipinski definition) is 15. The maximum Gasteiger partial charge on any atom is 0.306 e. The van der Waals surface area contributed by atoms with E-state index in [2.05, 4.69) is 38.2 Å². The first-order valence-electron chi connectivity index (χ1n) is 28.9. The van der Waals surface area contributed by atoms with Crippen molar-refractivity contribution in [2.45, 2.75) is 300 Å². The molecule has 15 heteroatoms. The SMILES string of the molecule is CCCCCC/C=C\C/C=C\CCCCCCCCCC(=O)OC(COC(=O)CCCCCCCCCCCCCCCCCCCC)COC1OC(COC2OC(CO)C(O)C(O)C2O)C(O)C(O)C1O. The van der Waals surface area contributed by atoms with E-state index in [4.69, 9.17) is 28.4 Å². The van der Waals surface area contributed by atoms with Crippen LogP contribution in [0.5, 0.6) is 0 Å². The fourth-order valence-electron chi connectivity index (χ4n) is 9.19. The topological polar surface area (TPSA) is 231 Å². The van der Waals surface area contributed by atoms with Gasteiger partial charge in [0.15, 0.2) is 18.7 Å². The molecule has 15 nitrogen and oxygen atoms in total. The Hall–Kier alpha value is -2.02. The molecule has 0 aromatic heterocycles. The van der Waals surface area contributed by atoms with Gasteiger partial charge in [-0.25, -0.2) is 0 Å². The molecule has 0 bridgehead atoms. The molecule has 11 atom stereocenters. The third-order valence-electron chi connectivity index (χ3n) is 13.9. The second-order valence-electron chi connectivity index (χ2n) is 20.5. The van der Waals surface area contributed by atoms with Crippen molar-refractivity contribution in [3.63, 3.8) is 0 Å². The minimum atomic E-state index is -1.76.